The van der Waals surface area contributed by atoms with Crippen LogP contribution in [0, 0.1) is 11.3 Å². The average Bonchev–Trinajstić information content (AvgIpc) is 2.18. The second-order valence-electron chi connectivity index (χ2n) is 2.71. The molecule has 0 fully saturated rings. The van der Waals surface area contributed by atoms with Gasteiger partial charge in [0.25, 0.3) is 6.43 Å². The monoisotopic (exact) mass is 197 g/mol. The topological polar surface area (TPSA) is 62.7 Å². The SMILES string of the molecule is N#CCc1c(CN)cncc1C(F)F. The van der Waals surface area contributed by atoms with Crippen molar-refractivity contribution in [3.05, 3.63) is 29.1 Å². The fourth-order valence-corrected chi connectivity index (χ4v) is 1.21. The number of hydrogen-bond acceptors (Lipinski definition) is 3. The average molecular weight is 197 g/mol. The third kappa shape index (κ3) is 2.03. The van der Waals surface area contributed by atoms with Crippen LogP contribution in [0.1, 0.15) is 23.1 Å². The van der Waals surface area contributed by atoms with Crippen LogP contribution in [0.25, 0.3) is 0 Å². The fourth-order valence-electron chi connectivity index (χ4n) is 1.21. The van der Waals surface area contributed by atoms with E-state index in [-0.39, 0.29) is 18.5 Å². The molecule has 74 valence electrons. The molecule has 0 aliphatic rings. The highest BCUT2D eigenvalue weighted by Gasteiger charge is 2.15. The molecule has 1 aromatic heterocycles. The maximum atomic E-state index is 12.5. The molecule has 1 heterocycles. The van der Waals surface area contributed by atoms with Gasteiger partial charge in [-0.2, -0.15) is 5.26 Å². The summed E-state index contributed by atoms with van der Waals surface area (Å²) in [5.74, 6) is 0. The number of nitrogens with two attached hydrogens (primary N) is 1. The van der Waals surface area contributed by atoms with Crippen LogP contribution in [0.4, 0.5) is 8.78 Å². The first-order valence-corrected chi connectivity index (χ1v) is 4.01. The van der Waals surface area contributed by atoms with Crippen molar-refractivity contribution in [2.75, 3.05) is 0 Å². The van der Waals surface area contributed by atoms with E-state index in [1.807, 2.05) is 6.07 Å². The van der Waals surface area contributed by atoms with Crippen LogP contribution in [0.15, 0.2) is 12.4 Å². The largest absolute Gasteiger partial charge is 0.326 e. The van der Waals surface area contributed by atoms with E-state index in [4.69, 9.17) is 11.0 Å². The maximum absolute atomic E-state index is 12.5. The molecule has 14 heavy (non-hydrogen) atoms. The summed E-state index contributed by atoms with van der Waals surface area (Å²) in [6.45, 7) is 0.116. The Bertz CT molecular complexity index is 358. The molecule has 0 spiro atoms. The van der Waals surface area contributed by atoms with Crippen molar-refractivity contribution >= 4 is 0 Å². The zero-order valence-corrected chi connectivity index (χ0v) is 7.37. The predicted molar refractivity (Wildman–Crippen MR) is 46.4 cm³/mol. The lowest BCUT2D eigenvalue weighted by molar-refractivity contribution is 0.150. The summed E-state index contributed by atoms with van der Waals surface area (Å²) in [5, 5.41) is 8.49. The number of hydrogen-bond donors (Lipinski definition) is 1. The van der Waals surface area contributed by atoms with E-state index >= 15 is 0 Å². The van der Waals surface area contributed by atoms with Crippen molar-refractivity contribution in [1.29, 1.82) is 5.26 Å². The summed E-state index contributed by atoms with van der Waals surface area (Å²) < 4.78 is 25.0. The van der Waals surface area contributed by atoms with E-state index < -0.39 is 6.43 Å². The maximum Gasteiger partial charge on any atom is 0.265 e. The Morgan fingerprint density at radius 1 is 1.50 bits per heavy atom. The van der Waals surface area contributed by atoms with Gasteiger partial charge < -0.3 is 5.73 Å². The molecular formula is C9H9F2N3. The van der Waals surface area contributed by atoms with Crippen LogP contribution < -0.4 is 5.73 Å². The van der Waals surface area contributed by atoms with Crippen molar-refractivity contribution in [2.24, 2.45) is 5.73 Å². The van der Waals surface area contributed by atoms with Gasteiger partial charge in [-0.1, -0.05) is 0 Å². The number of alkyl halides is 2. The van der Waals surface area contributed by atoms with E-state index in [1.165, 1.54) is 6.20 Å². The first-order chi connectivity index (χ1) is 6.70. The summed E-state index contributed by atoms with van der Waals surface area (Å²) in [4.78, 5) is 3.65. The fraction of sp³-hybridized carbons (Fsp3) is 0.333. The first kappa shape index (κ1) is 10.5. The van der Waals surface area contributed by atoms with Gasteiger partial charge in [0.15, 0.2) is 0 Å². The molecule has 0 radical (unpaired) electrons. The smallest absolute Gasteiger partial charge is 0.265 e. The van der Waals surface area contributed by atoms with Gasteiger partial charge >= 0.3 is 0 Å². The third-order valence-corrected chi connectivity index (χ3v) is 1.89. The Balaban J connectivity index is 3.22. The summed E-state index contributed by atoms with van der Waals surface area (Å²) in [7, 11) is 0. The van der Waals surface area contributed by atoms with Crippen LogP contribution in [-0.2, 0) is 13.0 Å². The lowest BCUT2D eigenvalue weighted by Crippen LogP contribution is -2.06. The highest BCUT2D eigenvalue weighted by atomic mass is 19.3. The van der Waals surface area contributed by atoms with Gasteiger partial charge in [0.1, 0.15) is 0 Å². The molecule has 1 aromatic rings. The lowest BCUT2D eigenvalue weighted by atomic mass is 10.0. The number of rotatable bonds is 3. The molecule has 0 aromatic carbocycles. The highest BCUT2D eigenvalue weighted by Crippen LogP contribution is 2.24. The summed E-state index contributed by atoms with van der Waals surface area (Å²) >= 11 is 0. The van der Waals surface area contributed by atoms with E-state index in [1.54, 1.807) is 0 Å². The first-order valence-electron chi connectivity index (χ1n) is 4.01. The van der Waals surface area contributed by atoms with Crippen molar-refractivity contribution < 1.29 is 8.78 Å². The molecule has 0 atom stereocenters. The normalized spacial score (nSPS) is 10.2. The molecule has 1 rings (SSSR count). The Morgan fingerprint density at radius 2 is 2.21 bits per heavy atom. The van der Waals surface area contributed by atoms with Gasteiger partial charge in [0, 0.05) is 24.5 Å². The molecule has 0 aliphatic heterocycles. The van der Waals surface area contributed by atoms with Gasteiger partial charge in [0.05, 0.1) is 12.5 Å². The molecule has 0 bridgehead atoms. The predicted octanol–water partition coefficient (Wildman–Crippen LogP) is 1.54. The van der Waals surface area contributed by atoms with Crippen LogP contribution in [0.5, 0.6) is 0 Å². The molecule has 2 N–H and O–H groups in total. The summed E-state index contributed by atoms with van der Waals surface area (Å²) in [6, 6.07) is 1.84. The van der Waals surface area contributed by atoms with Crippen LogP contribution in [0.3, 0.4) is 0 Å². The third-order valence-electron chi connectivity index (χ3n) is 1.89. The van der Waals surface area contributed by atoms with Crippen LogP contribution >= 0.6 is 0 Å². The quantitative estimate of drug-likeness (QED) is 0.799. The lowest BCUT2D eigenvalue weighted by Gasteiger charge is -2.09. The summed E-state index contributed by atoms with van der Waals surface area (Å²) in [5.41, 5.74) is 5.97. The van der Waals surface area contributed by atoms with Gasteiger partial charge in [-0.05, 0) is 11.1 Å². The number of pyridine rings is 1. The van der Waals surface area contributed by atoms with Crippen molar-refractivity contribution in [3.63, 3.8) is 0 Å². The van der Waals surface area contributed by atoms with E-state index in [0.29, 0.717) is 11.1 Å². The molecular weight excluding hydrogens is 188 g/mol. The van der Waals surface area contributed by atoms with E-state index in [9.17, 15) is 8.78 Å². The number of aromatic nitrogens is 1. The van der Waals surface area contributed by atoms with Crippen molar-refractivity contribution in [1.82, 2.24) is 4.98 Å². The van der Waals surface area contributed by atoms with Crippen molar-refractivity contribution in [2.45, 2.75) is 19.4 Å². The van der Waals surface area contributed by atoms with E-state index in [0.717, 1.165) is 6.20 Å². The van der Waals surface area contributed by atoms with Gasteiger partial charge in [-0.3, -0.25) is 4.98 Å². The van der Waals surface area contributed by atoms with Gasteiger partial charge in [0.2, 0.25) is 0 Å². The zero-order valence-electron chi connectivity index (χ0n) is 7.37. The molecule has 0 saturated carbocycles. The minimum Gasteiger partial charge on any atom is -0.326 e. The number of nitriles is 1. The Kier molecular flexibility index (Phi) is 3.48. The van der Waals surface area contributed by atoms with Gasteiger partial charge in [-0.25, -0.2) is 8.78 Å². The minimum absolute atomic E-state index is 0.0608. The van der Waals surface area contributed by atoms with Crippen molar-refractivity contribution in [3.8, 4) is 6.07 Å². The Hall–Kier alpha value is -1.54. The standard InChI is InChI=1S/C9H9F2N3/c10-9(11)8-5-14-4-6(3-13)7(8)1-2-12/h4-5,9H,1,3,13H2. The van der Waals surface area contributed by atoms with E-state index in [2.05, 4.69) is 4.98 Å². The van der Waals surface area contributed by atoms with Gasteiger partial charge in [-0.15, -0.1) is 0 Å². The number of nitrogens with zero attached hydrogens (tertiary/aromatic N) is 2. The van der Waals surface area contributed by atoms with Crippen LogP contribution in [0.2, 0.25) is 0 Å². The molecule has 0 aliphatic carbocycles. The Morgan fingerprint density at radius 3 is 2.71 bits per heavy atom. The second-order valence-corrected chi connectivity index (χ2v) is 2.71. The molecule has 0 unspecified atom stereocenters. The molecule has 0 amide bonds. The Labute approximate surface area is 80.2 Å². The zero-order chi connectivity index (χ0) is 10.6. The molecule has 0 saturated heterocycles. The molecule has 5 heteroatoms. The summed E-state index contributed by atoms with van der Waals surface area (Å²) in [6.07, 6.45) is -0.179. The minimum atomic E-state index is -2.61. The molecule has 3 nitrogen and oxygen atoms in total. The second kappa shape index (κ2) is 4.63. The van der Waals surface area contributed by atoms with Crippen LogP contribution in [-0.4, -0.2) is 4.98 Å². The highest BCUT2D eigenvalue weighted by molar-refractivity contribution is 5.34. The number of halogens is 2.